The average Bonchev–Trinajstić information content (AvgIpc) is 2.76. The van der Waals surface area contributed by atoms with E-state index in [4.69, 9.17) is 17.3 Å². The van der Waals surface area contributed by atoms with Crippen molar-refractivity contribution in [1.82, 2.24) is 14.5 Å². The minimum Gasteiger partial charge on any atom is -0.374 e. The van der Waals surface area contributed by atoms with Crippen molar-refractivity contribution >= 4 is 38.1 Å². The second-order valence-electron chi connectivity index (χ2n) is 3.80. The van der Waals surface area contributed by atoms with Crippen LogP contribution in [0.5, 0.6) is 0 Å². The Balaban J connectivity index is 2.22. The second-order valence-corrected chi connectivity index (χ2v) is 7.46. The number of hydrogen-bond donors (Lipinski definition) is 1. The molecule has 1 heterocycles. The first-order valence-electron chi connectivity index (χ1n) is 5.19. The first-order chi connectivity index (χ1) is 8.89. The van der Waals surface area contributed by atoms with Gasteiger partial charge in [0.25, 0.3) is 10.0 Å². The number of sulfonamides is 1. The zero-order valence-corrected chi connectivity index (χ0v) is 12.3. The molecule has 2 aromatic rings. The number of rotatable bonds is 4. The summed E-state index contributed by atoms with van der Waals surface area (Å²) in [5.74, 6) is 0. The van der Waals surface area contributed by atoms with Crippen molar-refractivity contribution in [2.24, 2.45) is 0 Å². The third-order valence-electron chi connectivity index (χ3n) is 2.35. The van der Waals surface area contributed by atoms with Gasteiger partial charge in [-0.25, -0.2) is 8.42 Å². The molecule has 1 aromatic carbocycles. The Kier molecular flexibility index (Phi) is 4.04. The number of anilines is 1. The number of nitrogens with two attached hydrogens (primary N) is 1. The average molecular weight is 319 g/mol. The van der Waals surface area contributed by atoms with Crippen LogP contribution in [-0.4, -0.2) is 30.0 Å². The fourth-order valence-corrected chi connectivity index (χ4v) is 3.78. The maximum atomic E-state index is 12.2. The highest BCUT2D eigenvalue weighted by Crippen LogP contribution is 2.22. The largest absolute Gasteiger partial charge is 0.374 e. The Labute approximate surface area is 119 Å². The molecule has 0 amide bonds. The van der Waals surface area contributed by atoms with Gasteiger partial charge in [0.1, 0.15) is 0 Å². The predicted molar refractivity (Wildman–Crippen MR) is 74.4 cm³/mol. The van der Waals surface area contributed by atoms with Crippen molar-refractivity contribution in [3.8, 4) is 0 Å². The summed E-state index contributed by atoms with van der Waals surface area (Å²) in [6.45, 7) is 0.197. The number of halogens is 1. The molecule has 0 fully saturated rings. The quantitative estimate of drug-likeness (QED) is 0.924. The van der Waals surface area contributed by atoms with Gasteiger partial charge in [0.05, 0.1) is 0 Å². The molecule has 0 bridgehead atoms. The normalized spacial score (nSPS) is 11.9. The van der Waals surface area contributed by atoms with Crippen LogP contribution in [0.1, 0.15) is 5.56 Å². The van der Waals surface area contributed by atoms with Crippen LogP contribution in [0, 0.1) is 0 Å². The zero-order chi connectivity index (χ0) is 14.0. The lowest BCUT2D eigenvalue weighted by Crippen LogP contribution is -2.26. The van der Waals surface area contributed by atoms with Gasteiger partial charge in [-0.3, -0.25) is 0 Å². The minimum atomic E-state index is -3.67. The molecule has 19 heavy (non-hydrogen) atoms. The van der Waals surface area contributed by atoms with Crippen LogP contribution in [0.15, 0.2) is 28.6 Å². The molecule has 102 valence electrons. The molecule has 0 saturated carbocycles. The van der Waals surface area contributed by atoms with Crippen molar-refractivity contribution in [3.05, 3.63) is 34.9 Å². The van der Waals surface area contributed by atoms with Crippen LogP contribution in [0.3, 0.4) is 0 Å². The summed E-state index contributed by atoms with van der Waals surface area (Å²) in [6, 6.07) is 7.00. The molecule has 2 N–H and O–H groups in total. The first kappa shape index (κ1) is 14.2. The standard InChI is InChI=1S/C10H11ClN4O2S2/c1-15(6-7-3-2-4-8(11)5-7)19(16,17)10-14-13-9(12)18-10/h2-5H,6H2,1H3,(H2,12,13). The Morgan fingerprint density at radius 1 is 1.42 bits per heavy atom. The Morgan fingerprint density at radius 3 is 2.74 bits per heavy atom. The van der Waals surface area contributed by atoms with E-state index in [1.54, 1.807) is 24.3 Å². The predicted octanol–water partition coefficient (Wildman–Crippen LogP) is 1.59. The second kappa shape index (κ2) is 5.41. The monoisotopic (exact) mass is 318 g/mol. The minimum absolute atomic E-state index is 0.116. The van der Waals surface area contributed by atoms with E-state index in [0.717, 1.165) is 16.9 Å². The van der Waals surface area contributed by atoms with Gasteiger partial charge >= 0.3 is 0 Å². The maximum Gasteiger partial charge on any atom is 0.272 e. The lowest BCUT2D eigenvalue weighted by atomic mass is 10.2. The van der Waals surface area contributed by atoms with E-state index in [0.29, 0.717) is 5.02 Å². The lowest BCUT2D eigenvalue weighted by molar-refractivity contribution is 0.465. The molecule has 0 aliphatic heterocycles. The summed E-state index contributed by atoms with van der Waals surface area (Å²) in [7, 11) is -2.21. The molecule has 1 aromatic heterocycles. The number of nitrogen functional groups attached to an aromatic ring is 1. The number of benzene rings is 1. The molecule has 0 aliphatic carbocycles. The van der Waals surface area contributed by atoms with Crippen molar-refractivity contribution in [2.45, 2.75) is 10.9 Å². The smallest absolute Gasteiger partial charge is 0.272 e. The fourth-order valence-electron chi connectivity index (χ4n) is 1.44. The van der Waals surface area contributed by atoms with E-state index in [1.807, 2.05) is 0 Å². The summed E-state index contributed by atoms with van der Waals surface area (Å²) >= 11 is 6.69. The maximum absolute atomic E-state index is 12.2. The number of nitrogens with zero attached hydrogens (tertiary/aromatic N) is 3. The molecule has 0 radical (unpaired) electrons. The van der Waals surface area contributed by atoms with Gasteiger partial charge in [0.15, 0.2) is 0 Å². The molecule has 6 nitrogen and oxygen atoms in total. The molecule has 9 heteroatoms. The molecular weight excluding hydrogens is 308 g/mol. The molecule has 0 spiro atoms. The van der Waals surface area contributed by atoms with E-state index in [9.17, 15) is 8.42 Å². The first-order valence-corrected chi connectivity index (χ1v) is 7.83. The van der Waals surface area contributed by atoms with E-state index in [1.165, 1.54) is 11.4 Å². The number of aromatic nitrogens is 2. The highest BCUT2D eigenvalue weighted by atomic mass is 35.5. The Morgan fingerprint density at radius 2 is 2.16 bits per heavy atom. The van der Waals surface area contributed by atoms with Gasteiger partial charge in [-0.15, -0.1) is 10.2 Å². The molecule has 0 atom stereocenters. The van der Waals surface area contributed by atoms with Crippen LogP contribution < -0.4 is 5.73 Å². The summed E-state index contributed by atoms with van der Waals surface area (Å²) < 4.78 is 25.4. The topological polar surface area (TPSA) is 89.2 Å². The van der Waals surface area contributed by atoms with Crippen molar-refractivity contribution in [3.63, 3.8) is 0 Å². The van der Waals surface area contributed by atoms with E-state index >= 15 is 0 Å². The molecular formula is C10H11ClN4O2S2. The molecule has 0 saturated heterocycles. The van der Waals surface area contributed by atoms with Crippen LogP contribution in [0.4, 0.5) is 5.13 Å². The fraction of sp³-hybridized carbons (Fsp3) is 0.200. The highest BCUT2D eigenvalue weighted by molar-refractivity contribution is 7.91. The van der Waals surface area contributed by atoms with Gasteiger partial charge in [-0.05, 0) is 17.7 Å². The SMILES string of the molecule is CN(Cc1cccc(Cl)c1)S(=O)(=O)c1nnc(N)s1. The van der Waals surface area contributed by atoms with Crippen molar-refractivity contribution in [2.75, 3.05) is 12.8 Å². The van der Waals surface area contributed by atoms with E-state index in [-0.39, 0.29) is 16.0 Å². The van der Waals surface area contributed by atoms with Crippen molar-refractivity contribution in [1.29, 1.82) is 0 Å². The number of hydrogen-bond acceptors (Lipinski definition) is 6. The highest BCUT2D eigenvalue weighted by Gasteiger charge is 2.25. The van der Waals surface area contributed by atoms with Gasteiger partial charge in [-0.1, -0.05) is 35.1 Å². The van der Waals surface area contributed by atoms with Crippen LogP contribution in [0.2, 0.25) is 5.02 Å². The molecule has 2 rings (SSSR count). The third-order valence-corrected chi connectivity index (χ3v) is 5.48. The van der Waals surface area contributed by atoms with Gasteiger partial charge < -0.3 is 5.73 Å². The summed E-state index contributed by atoms with van der Waals surface area (Å²) in [4.78, 5) is 0. The van der Waals surface area contributed by atoms with E-state index in [2.05, 4.69) is 10.2 Å². The van der Waals surface area contributed by atoms with Crippen LogP contribution in [0.25, 0.3) is 0 Å². The summed E-state index contributed by atoms with van der Waals surface area (Å²) in [6.07, 6.45) is 0. The molecule has 0 unspecified atom stereocenters. The summed E-state index contributed by atoms with van der Waals surface area (Å²) in [5, 5.41) is 7.74. The van der Waals surface area contributed by atoms with E-state index < -0.39 is 10.0 Å². The lowest BCUT2D eigenvalue weighted by Gasteiger charge is -2.15. The zero-order valence-electron chi connectivity index (χ0n) is 9.95. The van der Waals surface area contributed by atoms with Crippen LogP contribution in [-0.2, 0) is 16.6 Å². The summed E-state index contributed by atoms with van der Waals surface area (Å²) in [5.41, 5.74) is 6.18. The van der Waals surface area contributed by atoms with Gasteiger partial charge in [-0.2, -0.15) is 4.31 Å². The Bertz CT molecular complexity index is 686. The third kappa shape index (κ3) is 3.21. The molecule has 0 aliphatic rings. The van der Waals surface area contributed by atoms with Gasteiger partial charge in [0, 0.05) is 18.6 Å². The van der Waals surface area contributed by atoms with Crippen LogP contribution >= 0.6 is 22.9 Å². The Hall–Kier alpha value is -1.22. The van der Waals surface area contributed by atoms with Crippen molar-refractivity contribution < 1.29 is 8.42 Å². The van der Waals surface area contributed by atoms with Gasteiger partial charge in [0.2, 0.25) is 9.47 Å².